The molecule has 0 unspecified atom stereocenters. The quantitative estimate of drug-likeness (QED) is 0.612. The van der Waals surface area contributed by atoms with Gasteiger partial charge >= 0.3 is 0 Å². The number of carbonyl (C=O) groups is 1. The van der Waals surface area contributed by atoms with Crippen molar-refractivity contribution >= 4 is 5.91 Å². The zero-order chi connectivity index (χ0) is 22.3. The summed E-state index contributed by atoms with van der Waals surface area (Å²) in [6, 6.07) is 5.35. The van der Waals surface area contributed by atoms with E-state index in [2.05, 4.69) is 10.1 Å². The monoisotopic (exact) mass is 445 g/mol. The van der Waals surface area contributed by atoms with E-state index in [-0.39, 0.29) is 12.0 Å². The fourth-order valence-corrected chi connectivity index (χ4v) is 4.25. The average molecular weight is 446 g/mol. The number of amides is 1. The van der Waals surface area contributed by atoms with Crippen LogP contribution in [0.5, 0.6) is 11.5 Å². The first-order valence-electron chi connectivity index (χ1n) is 11.2. The molecule has 1 amide bonds. The van der Waals surface area contributed by atoms with Crippen LogP contribution in [0.25, 0.3) is 0 Å². The number of nitrogens with zero attached hydrogens (tertiary/aromatic N) is 3. The highest BCUT2D eigenvalue weighted by Crippen LogP contribution is 2.32. The third kappa shape index (κ3) is 5.21. The Kier molecular flexibility index (Phi) is 7.59. The van der Waals surface area contributed by atoms with Crippen LogP contribution in [0.2, 0.25) is 0 Å². The predicted octanol–water partition coefficient (Wildman–Crippen LogP) is 2.84. The van der Waals surface area contributed by atoms with E-state index in [0.29, 0.717) is 60.8 Å². The van der Waals surface area contributed by atoms with E-state index >= 15 is 0 Å². The molecule has 0 radical (unpaired) electrons. The van der Waals surface area contributed by atoms with Crippen LogP contribution >= 0.6 is 0 Å². The standard InChI is InChI=1S/C23H31N3O6/c1-28-19-5-3-4-18(21(19)29-2)23(27)26-11-6-17(7-12-26)31-15-10-20-24-22(32-25-20)16-8-13-30-14-9-16/h3-5,16-17H,6-15H2,1-2H3. The van der Waals surface area contributed by atoms with Crippen molar-refractivity contribution in [2.24, 2.45) is 0 Å². The lowest BCUT2D eigenvalue weighted by molar-refractivity contribution is 0.00939. The molecule has 0 N–H and O–H groups in total. The number of ether oxygens (including phenoxy) is 4. The lowest BCUT2D eigenvalue weighted by atomic mass is 10.0. The fourth-order valence-electron chi connectivity index (χ4n) is 4.25. The number of rotatable bonds is 8. The average Bonchev–Trinajstić information content (AvgIpc) is 3.33. The first kappa shape index (κ1) is 22.5. The Morgan fingerprint density at radius 3 is 2.62 bits per heavy atom. The van der Waals surface area contributed by atoms with E-state index < -0.39 is 0 Å². The molecule has 3 heterocycles. The van der Waals surface area contributed by atoms with Crippen molar-refractivity contribution in [1.82, 2.24) is 15.0 Å². The number of aromatic nitrogens is 2. The third-order valence-corrected chi connectivity index (χ3v) is 6.10. The van der Waals surface area contributed by atoms with Crippen molar-refractivity contribution in [3.63, 3.8) is 0 Å². The number of hydrogen-bond acceptors (Lipinski definition) is 8. The summed E-state index contributed by atoms with van der Waals surface area (Å²) in [7, 11) is 3.11. The minimum atomic E-state index is -0.0494. The molecule has 2 saturated heterocycles. The number of hydrogen-bond donors (Lipinski definition) is 0. The SMILES string of the molecule is COc1cccc(C(=O)N2CCC(OCCc3noc(C4CCOCC4)n3)CC2)c1OC. The van der Waals surface area contributed by atoms with Gasteiger partial charge in [0.25, 0.3) is 5.91 Å². The highest BCUT2D eigenvalue weighted by atomic mass is 16.5. The van der Waals surface area contributed by atoms with Crippen molar-refractivity contribution in [1.29, 1.82) is 0 Å². The Labute approximate surface area is 188 Å². The summed E-state index contributed by atoms with van der Waals surface area (Å²) < 4.78 is 27.6. The number of para-hydroxylation sites is 1. The van der Waals surface area contributed by atoms with Gasteiger partial charge in [0.05, 0.1) is 32.5 Å². The van der Waals surface area contributed by atoms with E-state index in [1.54, 1.807) is 32.4 Å². The summed E-state index contributed by atoms with van der Waals surface area (Å²) in [5.41, 5.74) is 0.517. The van der Waals surface area contributed by atoms with Crippen molar-refractivity contribution in [2.75, 3.05) is 47.1 Å². The highest BCUT2D eigenvalue weighted by Gasteiger charge is 2.27. The lowest BCUT2D eigenvalue weighted by Crippen LogP contribution is -2.41. The van der Waals surface area contributed by atoms with Gasteiger partial charge in [-0.2, -0.15) is 4.98 Å². The molecule has 1 aromatic heterocycles. The van der Waals surface area contributed by atoms with Gasteiger partial charge in [0.15, 0.2) is 17.3 Å². The van der Waals surface area contributed by atoms with Crippen LogP contribution in [0.1, 0.15) is 53.7 Å². The van der Waals surface area contributed by atoms with Crippen LogP contribution in [0, 0.1) is 0 Å². The van der Waals surface area contributed by atoms with Crippen LogP contribution in [-0.2, 0) is 15.9 Å². The highest BCUT2D eigenvalue weighted by molar-refractivity contribution is 5.97. The molecular formula is C23H31N3O6. The van der Waals surface area contributed by atoms with Crippen molar-refractivity contribution in [3.05, 3.63) is 35.5 Å². The summed E-state index contributed by atoms with van der Waals surface area (Å²) in [6.07, 6.45) is 4.17. The first-order chi connectivity index (χ1) is 15.7. The largest absolute Gasteiger partial charge is 0.493 e. The van der Waals surface area contributed by atoms with Crippen LogP contribution in [0.3, 0.4) is 0 Å². The van der Waals surface area contributed by atoms with Gasteiger partial charge in [-0.1, -0.05) is 11.2 Å². The molecule has 4 rings (SSSR count). The number of benzene rings is 1. The number of carbonyl (C=O) groups excluding carboxylic acids is 1. The van der Waals surface area contributed by atoms with Gasteiger partial charge in [-0.15, -0.1) is 0 Å². The maximum Gasteiger partial charge on any atom is 0.257 e. The van der Waals surface area contributed by atoms with Crippen LogP contribution in [0.4, 0.5) is 0 Å². The van der Waals surface area contributed by atoms with E-state index in [1.807, 2.05) is 4.90 Å². The van der Waals surface area contributed by atoms with Crippen molar-refractivity contribution in [3.8, 4) is 11.5 Å². The van der Waals surface area contributed by atoms with Crippen LogP contribution in [0.15, 0.2) is 22.7 Å². The van der Waals surface area contributed by atoms with Gasteiger partial charge in [-0.05, 0) is 37.8 Å². The minimum absolute atomic E-state index is 0.0494. The second kappa shape index (κ2) is 10.8. The zero-order valence-electron chi connectivity index (χ0n) is 18.7. The second-order valence-electron chi connectivity index (χ2n) is 8.09. The Morgan fingerprint density at radius 1 is 1.12 bits per heavy atom. The Bertz CT molecular complexity index is 888. The van der Waals surface area contributed by atoms with Gasteiger partial charge in [0.1, 0.15) is 0 Å². The van der Waals surface area contributed by atoms with Crippen LogP contribution in [-0.4, -0.2) is 74.2 Å². The molecule has 0 bridgehead atoms. The molecule has 2 aliphatic rings. The fraction of sp³-hybridized carbons (Fsp3) is 0.609. The first-order valence-corrected chi connectivity index (χ1v) is 11.2. The summed E-state index contributed by atoms with van der Waals surface area (Å²) in [5.74, 6) is 2.67. The molecule has 1 aromatic carbocycles. The van der Waals surface area contributed by atoms with E-state index in [4.69, 9.17) is 23.5 Å². The number of methoxy groups -OCH3 is 2. The van der Waals surface area contributed by atoms with Gasteiger partial charge < -0.3 is 28.4 Å². The van der Waals surface area contributed by atoms with E-state index in [9.17, 15) is 4.79 Å². The summed E-state index contributed by atoms with van der Waals surface area (Å²) in [6.45, 7) is 3.31. The predicted molar refractivity (Wildman–Crippen MR) is 115 cm³/mol. The van der Waals surface area contributed by atoms with Gasteiger partial charge in [0, 0.05) is 38.6 Å². The maximum absolute atomic E-state index is 13.0. The number of likely N-dealkylation sites (tertiary alicyclic amines) is 1. The van der Waals surface area contributed by atoms with Crippen molar-refractivity contribution < 1.29 is 28.3 Å². The van der Waals surface area contributed by atoms with E-state index in [1.165, 1.54) is 0 Å². The molecule has 2 aliphatic heterocycles. The molecular weight excluding hydrogens is 414 g/mol. The normalized spacial score (nSPS) is 18.0. The summed E-state index contributed by atoms with van der Waals surface area (Å²) >= 11 is 0. The third-order valence-electron chi connectivity index (χ3n) is 6.10. The molecule has 0 aliphatic carbocycles. The van der Waals surface area contributed by atoms with Gasteiger partial charge in [-0.3, -0.25) is 4.79 Å². The molecule has 2 aromatic rings. The minimum Gasteiger partial charge on any atom is -0.493 e. The molecule has 0 saturated carbocycles. The van der Waals surface area contributed by atoms with Gasteiger partial charge in [-0.25, -0.2) is 0 Å². The zero-order valence-corrected chi connectivity index (χ0v) is 18.7. The molecule has 9 heteroatoms. The topological polar surface area (TPSA) is 96.2 Å². The molecule has 9 nitrogen and oxygen atoms in total. The molecule has 2 fully saturated rings. The Morgan fingerprint density at radius 2 is 1.91 bits per heavy atom. The Hall–Kier alpha value is -2.65. The van der Waals surface area contributed by atoms with Crippen molar-refractivity contribution in [2.45, 2.75) is 44.1 Å². The number of piperidine rings is 1. The molecule has 0 spiro atoms. The lowest BCUT2D eigenvalue weighted by Gasteiger charge is -2.32. The van der Waals surface area contributed by atoms with E-state index in [0.717, 1.165) is 38.9 Å². The Balaban J connectivity index is 1.22. The smallest absolute Gasteiger partial charge is 0.257 e. The molecule has 174 valence electrons. The summed E-state index contributed by atoms with van der Waals surface area (Å²) in [4.78, 5) is 19.4. The summed E-state index contributed by atoms with van der Waals surface area (Å²) in [5, 5.41) is 4.09. The maximum atomic E-state index is 13.0. The molecule has 32 heavy (non-hydrogen) atoms. The second-order valence-corrected chi connectivity index (χ2v) is 8.09. The molecule has 0 atom stereocenters. The van der Waals surface area contributed by atoms with Crippen LogP contribution < -0.4 is 9.47 Å². The van der Waals surface area contributed by atoms with Gasteiger partial charge in [0.2, 0.25) is 5.89 Å².